The highest BCUT2D eigenvalue weighted by molar-refractivity contribution is 5.90. The molecule has 0 radical (unpaired) electrons. The first-order valence-corrected chi connectivity index (χ1v) is 6.59. The molecule has 1 aromatic carbocycles. The van der Waals surface area contributed by atoms with Crippen LogP contribution in [-0.4, -0.2) is 41.8 Å². The van der Waals surface area contributed by atoms with E-state index in [0.717, 1.165) is 29.7 Å². The van der Waals surface area contributed by atoms with Crippen LogP contribution < -0.4 is 10.2 Å². The number of nitrogens with one attached hydrogen (secondary N) is 1. The zero-order valence-corrected chi connectivity index (χ0v) is 11.4. The Kier molecular flexibility index (Phi) is 4.52. The fourth-order valence-corrected chi connectivity index (χ4v) is 1.92. The topological polar surface area (TPSA) is 61.3 Å². The first-order valence-electron chi connectivity index (χ1n) is 6.59. The number of benzene rings is 1. The van der Waals surface area contributed by atoms with Crippen molar-refractivity contribution in [1.82, 2.24) is 9.97 Å². The van der Waals surface area contributed by atoms with Crippen molar-refractivity contribution in [2.45, 2.75) is 13.3 Å². The van der Waals surface area contributed by atoms with Gasteiger partial charge in [0, 0.05) is 25.5 Å². The van der Waals surface area contributed by atoms with Gasteiger partial charge in [-0.05, 0) is 18.6 Å². The van der Waals surface area contributed by atoms with Crippen LogP contribution in [0.2, 0.25) is 0 Å². The van der Waals surface area contributed by atoms with Crippen molar-refractivity contribution >= 4 is 22.7 Å². The number of likely N-dealkylation sites (N-methyl/N-ethyl adjacent to an activating group) is 1. The number of aliphatic hydroxyl groups is 1. The van der Waals surface area contributed by atoms with Crippen molar-refractivity contribution in [2.75, 3.05) is 37.0 Å². The predicted octanol–water partition coefficient (Wildman–Crippen LogP) is 1.88. The minimum absolute atomic E-state index is 0.104. The number of hydrogen-bond acceptors (Lipinski definition) is 5. The van der Waals surface area contributed by atoms with Crippen LogP contribution in [0, 0.1) is 0 Å². The Balaban J connectivity index is 2.45. The van der Waals surface area contributed by atoms with E-state index >= 15 is 0 Å². The summed E-state index contributed by atoms with van der Waals surface area (Å²) in [4.78, 5) is 11.0. The summed E-state index contributed by atoms with van der Waals surface area (Å²) in [7, 11) is 1.93. The van der Waals surface area contributed by atoms with Gasteiger partial charge in [0.25, 0.3) is 0 Å². The summed E-state index contributed by atoms with van der Waals surface area (Å²) in [6.45, 7) is 3.61. The molecule has 1 aromatic heterocycles. The van der Waals surface area contributed by atoms with Gasteiger partial charge in [-0.25, -0.2) is 4.98 Å². The summed E-state index contributed by atoms with van der Waals surface area (Å²) < 4.78 is 0. The minimum atomic E-state index is 0.104. The second-order valence-electron chi connectivity index (χ2n) is 4.46. The number of nitrogens with zero attached hydrogens (tertiary/aromatic N) is 3. The third kappa shape index (κ3) is 3.12. The molecule has 2 aromatic rings. The molecule has 5 nitrogen and oxygen atoms in total. The van der Waals surface area contributed by atoms with E-state index in [0.29, 0.717) is 12.5 Å². The standard InChI is InChI=1S/C14H20N4O/c1-3-8-15-14-16-12-7-5-4-6-11(12)13(17-14)18(2)9-10-19/h4-7,19H,3,8-10H2,1-2H3,(H,15,16,17). The van der Waals surface area contributed by atoms with Crippen molar-refractivity contribution in [3.63, 3.8) is 0 Å². The second kappa shape index (κ2) is 6.33. The molecule has 0 fully saturated rings. The van der Waals surface area contributed by atoms with Crippen molar-refractivity contribution in [1.29, 1.82) is 0 Å². The number of anilines is 2. The molecule has 0 unspecified atom stereocenters. The van der Waals surface area contributed by atoms with Crippen LogP contribution in [-0.2, 0) is 0 Å². The van der Waals surface area contributed by atoms with Gasteiger partial charge in [0.2, 0.25) is 5.95 Å². The van der Waals surface area contributed by atoms with Gasteiger partial charge in [-0.1, -0.05) is 19.1 Å². The van der Waals surface area contributed by atoms with Gasteiger partial charge in [0.05, 0.1) is 12.1 Å². The van der Waals surface area contributed by atoms with Gasteiger partial charge >= 0.3 is 0 Å². The Hall–Kier alpha value is -1.88. The quantitative estimate of drug-likeness (QED) is 0.830. The van der Waals surface area contributed by atoms with Crippen molar-refractivity contribution in [2.24, 2.45) is 0 Å². The van der Waals surface area contributed by atoms with Gasteiger partial charge in [-0.15, -0.1) is 0 Å². The molecule has 2 rings (SSSR count). The average molecular weight is 260 g/mol. The Labute approximate surface area is 113 Å². The van der Waals surface area contributed by atoms with Gasteiger partial charge < -0.3 is 15.3 Å². The van der Waals surface area contributed by atoms with Gasteiger partial charge in [-0.2, -0.15) is 4.98 Å². The normalized spacial score (nSPS) is 10.7. The summed E-state index contributed by atoms with van der Waals surface area (Å²) in [5.74, 6) is 1.48. The number of rotatable bonds is 6. The Morgan fingerprint density at radius 2 is 2.05 bits per heavy atom. The van der Waals surface area contributed by atoms with E-state index in [1.807, 2.05) is 36.2 Å². The largest absolute Gasteiger partial charge is 0.395 e. The van der Waals surface area contributed by atoms with Crippen LogP contribution >= 0.6 is 0 Å². The summed E-state index contributed by atoms with van der Waals surface area (Å²) in [5.41, 5.74) is 0.913. The first-order chi connectivity index (χ1) is 9.26. The maximum absolute atomic E-state index is 9.08. The molecular weight excluding hydrogens is 240 g/mol. The summed E-state index contributed by atoms with van der Waals surface area (Å²) in [6, 6.07) is 7.92. The third-order valence-electron chi connectivity index (χ3n) is 2.91. The second-order valence-corrected chi connectivity index (χ2v) is 4.46. The van der Waals surface area contributed by atoms with Crippen LogP contribution in [0.3, 0.4) is 0 Å². The predicted molar refractivity (Wildman–Crippen MR) is 78.7 cm³/mol. The van der Waals surface area contributed by atoms with Gasteiger partial charge in [0.1, 0.15) is 5.82 Å². The minimum Gasteiger partial charge on any atom is -0.395 e. The summed E-state index contributed by atoms with van der Waals surface area (Å²) >= 11 is 0. The molecule has 0 bridgehead atoms. The van der Waals surface area contributed by atoms with E-state index in [9.17, 15) is 0 Å². The lowest BCUT2D eigenvalue weighted by Gasteiger charge is -2.19. The molecule has 0 saturated carbocycles. The number of para-hydroxylation sites is 1. The average Bonchev–Trinajstić information content (AvgIpc) is 2.44. The smallest absolute Gasteiger partial charge is 0.225 e. The lowest BCUT2D eigenvalue weighted by atomic mass is 10.2. The van der Waals surface area contributed by atoms with Crippen molar-refractivity contribution < 1.29 is 5.11 Å². The highest BCUT2D eigenvalue weighted by atomic mass is 16.3. The lowest BCUT2D eigenvalue weighted by molar-refractivity contribution is 0.304. The van der Waals surface area contributed by atoms with Crippen LogP contribution in [0.15, 0.2) is 24.3 Å². The Bertz CT molecular complexity index is 544. The number of fused-ring (bicyclic) bond motifs is 1. The summed E-state index contributed by atoms with van der Waals surface area (Å²) in [5, 5.41) is 13.3. The third-order valence-corrected chi connectivity index (χ3v) is 2.91. The van der Waals surface area contributed by atoms with E-state index in [1.54, 1.807) is 0 Å². The maximum atomic E-state index is 9.08. The lowest BCUT2D eigenvalue weighted by Crippen LogP contribution is -2.23. The molecule has 0 atom stereocenters. The molecule has 0 spiro atoms. The number of hydrogen-bond donors (Lipinski definition) is 2. The zero-order chi connectivity index (χ0) is 13.7. The summed E-state index contributed by atoms with van der Waals surface area (Å²) in [6.07, 6.45) is 1.03. The highest BCUT2D eigenvalue weighted by Gasteiger charge is 2.10. The zero-order valence-electron chi connectivity index (χ0n) is 11.4. The molecule has 2 N–H and O–H groups in total. The molecular formula is C14H20N4O. The van der Waals surface area contributed by atoms with E-state index < -0.39 is 0 Å². The molecule has 0 amide bonds. The molecule has 0 aliphatic rings. The number of aromatic nitrogens is 2. The van der Waals surface area contributed by atoms with E-state index in [4.69, 9.17) is 5.11 Å². The van der Waals surface area contributed by atoms with Crippen LogP contribution in [0.5, 0.6) is 0 Å². The molecule has 19 heavy (non-hydrogen) atoms. The van der Waals surface area contributed by atoms with Gasteiger partial charge in [-0.3, -0.25) is 0 Å². The SMILES string of the molecule is CCCNc1nc(N(C)CCO)c2ccccc2n1. The fraction of sp³-hybridized carbons (Fsp3) is 0.429. The molecule has 1 heterocycles. The maximum Gasteiger partial charge on any atom is 0.225 e. The Morgan fingerprint density at radius 3 is 2.79 bits per heavy atom. The molecule has 0 saturated heterocycles. The van der Waals surface area contributed by atoms with Crippen LogP contribution in [0.25, 0.3) is 10.9 Å². The molecule has 0 aliphatic heterocycles. The first kappa shape index (κ1) is 13.5. The number of aliphatic hydroxyl groups excluding tert-OH is 1. The molecule has 102 valence electrons. The Morgan fingerprint density at radius 1 is 1.26 bits per heavy atom. The fourth-order valence-electron chi connectivity index (χ4n) is 1.92. The highest BCUT2D eigenvalue weighted by Crippen LogP contribution is 2.24. The van der Waals surface area contributed by atoms with Crippen molar-refractivity contribution in [3.05, 3.63) is 24.3 Å². The van der Waals surface area contributed by atoms with E-state index in [1.165, 1.54) is 0 Å². The van der Waals surface area contributed by atoms with E-state index in [2.05, 4.69) is 22.2 Å². The van der Waals surface area contributed by atoms with Gasteiger partial charge in [0.15, 0.2) is 0 Å². The monoisotopic (exact) mass is 260 g/mol. The van der Waals surface area contributed by atoms with Crippen molar-refractivity contribution in [3.8, 4) is 0 Å². The van der Waals surface area contributed by atoms with Crippen LogP contribution in [0.1, 0.15) is 13.3 Å². The van der Waals surface area contributed by atoms with Crippen LogP contribution in [0.4, 0.5) is 11.8 Å². The molecule has 0 aliphatic carbocycles. The van der Waals surface area contributed by atoms with E-state index in [-0.39, 0.29) is 6.61 Å². The molecule has 5 heteroatoms.